The van der Waals surface area contributed by atoms with E-state index in [0.717, 1.165) is 0 Å². The zero-order valence-corrected chi connectivity index (χ0v) is 10.8. The molecule has 0 atom stereocenters. The Labute approximate surface area is 108 Å². The highest BCUT2D eigenvalue weighted by Crippen LogP contribution is 2.21. The number of ether oxygens (including phenoxy) is 1. The van der Waals surface area contributed by atoms with Gasteiger partial charge in [-0.05, 0) is 18.6 Å². The summed E-state index contributed by atoms with van der Waals surface area (Å²) in [6.07, 6.45) is 0.0944. The van der Waals surface area contributed by atoms with Crippen molar-refractivity contribution in [2.45, 2.75) is 11.3 Å². The van der Waals surface area contributed by atoms with E-state index in [-0.39, 0.29) is 13.0 Å². The van der Waals surface area contributed by atoms with Crippen molar-refractivity contribution in [3.63, 3.8) is 0 Å². The first-order valence-corrected chi connectivity index (χ1v) is 6.89. The van der Waals surface area contributed by atoms with E-state index < -0.39 is 43.7 Å². The fraction of sp³-hybridized carbons (Fsp3) is 0.364. The molecule has 0 saturated heterocycles. The Morgan fingerprint density at radius 2 is 2.00 bits per heavy atom. The van der Waals surface area contributed by atoms with Crippen molar-refractivity contribution in [2.75, 3.05) is 19.5 Å². The van der Waals surface area contributed by atoms with Crippen LogP contribution in [-0.2, 0) is 14.6 Å². The van der Waals surface area contributed by atoms with Crippen molar-refractivity contribution in [1.29, 1.82) is 0 Å². The Morgan fingerprint density at radius 3 is 2.53 bits per heavy atom. The van der Waals surface area contributed by atoms with Crippen molar-refractivity contribution in [3.8, 4) is 0 Å². The fourth-order valence-corrected chi connectivity index (χ4v) is 2.81. The normalized spacial score (nSPS) is 11.5. The molecule has 1 N–H and O–H groups in total. The molecule has 0 aliphatic rings. The highest BCUT2D eigenvalue weighted by atomic mass is 32.2. The van der Waals surface area contributed by atoms with E-state index in [1.807, 2.05) is 0 Å². The van der Waals surface area contributed by atoms with Crippen molar-refractivity contribution in [1.82, 2.24) is 0 Å². The third-order valence-electron chi connectivity index (χ3n) is 2.34. The summed E-state index contributed by atoms with van der Waals surface area (Å²) in [7, 11) is -2.73. The lowest BCUT2D eigenvalue weighted by molar-refractivity contribution is 0.0696. The molecule has 0 unspecified atom stereocenters. The molecule has 106 valence electrons. The highest BCUT2D eigenvalue weighted by Gasteiger charge is 2.24. The Bertz CT molecular complexity index is 583. The Morgan fingerprint density at radius 1 is 1.37 bits per heavy atom. The Kier molecular flexibility index (Phi) is 4.96. The number of carboxylic acids is 1. The first-order valence-electron chi connectivity index (χ1n) is 5.23. The van der Waals surface area contributed by atoms with Gasteiger partial charge in [0, 0.05) is 13.7 Å². The van der Waals surface area contributed by atoms with Gasteiger partial charge in [-0.3, -0.25) is 0 Å². The van der Waals surface area contributed by atoms with Crippen LogP contribution >= 0.6 is 0 Å². The largest absolute Gasteiger partial charge is 0.478 e. The zero-order chi connectivity index (χ0) is 14.6. The minimum absolute atomic E-state index is 0.0944. The molecule has 0 aromatic heterocycles. The molecule has 0 aliphatic carbocycles. The van der Waals surface area contributed by atoms with Gasteiger partial charge in [-0.25, -0.2) is 22.0 Å². The lowest BCUT2D eigenvalue weighted by Crippen LogP contribution is -2.13. The summed E-state index contributed by atoms with van der Waals surface area (Å²) in [6, 6.07) is 1.05. The smallest absolute Gasteiger partial charge is 0.335 e. The van der Waals surface area contributed by atoms with Gasteiger partial charge in [-0.2, -0.15) is 0 Å². The maximum Gasteiger partial charge on any atom is 0.335 e. The maximum atomic E-state index is 13.5. The second kappa shape index (κ2) is 6.07. The number of methoxy groups -OCH3 is 1. The van der Waals surface area contributed by atoms with Gasteiger partial charge in [0.2, 0.25) is 0 Å². The zero-order valence-electron chi connectivity index (χ0n) is 10.0. The minimum atomic E-state index is -4.10. The van der Waals surface area contributed by atoms with E-state index in [9.17, 15) is 22.0 Å². The minimum Gasteiger partial charge on any atom is -0.478 e. The summed E-state index contributed by atoms with van der Waals surface area (Å²) in [5, 5.41) is 8.70. The molecule has 0 spiro atoms. The molecule has 5 nitrogen and oxygen atoms in total. The topological polar surface area (TPSA) is 80.7 Å². The molecule has 8 heteroatoms. The van der Waals surface area contributed by atoms with Gasteiger partial charge in [-0.1, -0.05) is 0 Å². The van der Waals surface area contributed by atoms with Crippen LogP contribution in [0.4, 0.5) is 8.78 Å². The van der Waals surface area contributed by atoms with Crippen LogP contribution in [0.2, 0.25) is 0 Å². The van der Waals surface area contributed by atoms with Crippen LogP contribution in [0, 0.1) is 11.6 Å². The van der Waals surface area contributed by atoms with Crippen molar-refractivity contribution >= 4 is 15.8 Å². The van der Waals surface area contributed by atoms with Crippen molar-refractivity contribution in [2.24, 2.45) is 0 Å². The molecular formula is C11H12F2O5S. The molecule has 0 radical (unpaired) electrons. The Balaban J connectivity index is 3.21. The molecule has 1 aromatic rings. The van der Waals surface area contributed by atoms with Gasteiger partial charge in [0.05, 0.1) is 11.3 Å². The summed E-state index contributed by atoms with van der Waals surface area (Å²) in [6.45, 7) is 0.141. The molecule has 0 heterocycles. The average molecular weight is 294 g/mol. The summed E-state index contributed by atoms with van der Waals surface area (Å²) < 4.78 is 54.9. The predicted molar refractivity (Wildman–Crippen MR) is 61.9 cm³/mol. The molecule has 0 amide bonds. The monoisotopic (exact) mass is 294 g/mol. The van der Waals surface area contributed by atoms with E-state index >= 15 is 0 Å². The van der Waals surface area contributed by atoms with E-state index in [0.29, 0.717) is 12.1 Å². The lowest BCUT2D eigenvalue weighted by Gasteiger charge is -2.07. The average Bonchev–Trinajstić information content (AvgIpc) is 2.32. The standard InChI is InChI=1S/C11H12F2O5S/c1-18-3-2-4-19(16,17)9-6-7(11(14)15)5-8(12)10(9)13/h5-6H,2-4H2,1H3,(H,14,15). The van der Waals surface area contributed by atoms with Crippen molar-refractivity contribution in [3.05, 3.63) is 29.3 Å². The highest BCUT2D eigenvalue weighted by molar-refractivity contribution is 7.91. The quantitative estimate of drug-likeness (QED) is 0.804. The molecule has 1 rings (SSSR count). The SMILES string of the molecule is COCCCS(=O)(=O)c1cc(C(=O)O)cc(F)c1F. The molecular weight excluding hydrogens is 282 g/mol. The third-order valence-corrected chi connectivity index (χ3v) is 4.13. The number of aromatic carboxylic acids is 1. The second-order valence-corrected chi connectivity index (χ2v) is 5.82. The number of hydrogen-bond acceptors (Lipinski definition) is 4. The number of benzene rings is 1. The van der Waals surface area contributed by atoms with Crippen LogP contribution in [0.3, 0.4) is 0 Å². The van der Waals surface area contributed by atoms with Crippen LogP contribution in [0.25, 0.3) is 0 Å². The molecule has 1 aromatic carbocycles. The van der Waals surface area contributed by atoms with Gasteiger partial charge in [0.1, 0.15) is 4.90 Å². The van der Waals surface area contributed by atoms with Crippen LogP contribution in [0.1, 0.15) is 16.8 Å². The van der Waals surface area contributed by atoms with E-state index in [1.165, 1.54) is 7.11 Å². The predicted octanol–water partition coefficient (Wildman–Crippen LogP) is 1.47. The van der Waals surface area contributed by atoms with Gasteiger partial charge in [0.15, 0.2) is 21.5 Å². The number of carboxylic acid groups (broad SMARTS) is 1. The first kappa shape index (κ1) is 15.5. The van der Waals surface area contributed by atoms with Crippen LogP contribution in [-0.4, -0.2) is 39.0 Å². The summed E-state index contributed by atoms with van der Waals surface area (Å²) in [4.78, 5) is 9.76. The summed E-state index contributed by atoms with van der Waals surface area (Å²) in [5.41, 5.74) is -0.621. The van der Waals surface area contributed by atoms with E-state index in [4.69, 9.17) is 5.11 Å². The number of carbonyl (C=O) groups is 1. The van der Waals surface area contributed by atoms with Crippen LogP contribution in [0.15, 0.2) is 17.0 Å². The maximum absolute atomic E-state index is 13.5. The number of hydrogen-bond donors (Lipinski definition) is 1. The molecule has 0 aliphatic heterocycles. The van der Waals surface area contributed by atoms with Crippen LogP contribution in [0.5, 0.6) is 0 Å². The third kappa shape index (κ3) is 3.71. The number of halogens is 2. The summed E-state index contributed by atoms with van der Waals surface area (Å²) >= 11 is 0. The molecule has 0 bridgehead atoms. The van der Waals surface area contributed by atoms with Gasteiger partial charge < -0.3 is 9.84 Å². The molecule has 19 heavy (non-hydrogen) atoms. The first-order chi connectivity index (χ1) is 8.79. The number of sulfone groups is 1. The number of rotatable bonds is 6. The summed E-state index contributed by atoms with van der Waals surface area (Å²) in [5.74, 6) is -5.07. The van der Waals surface area contributed by atoms with E-state index in [1.54, 1.807) is 0 Å². The Hall–Kier alpha value is -1.54. The van der Waals surface area contributed by atoms with Gasteiger partial charge in [-0.15, -0.1) is 0 Å². The molecule has 0 saturated carbocycles. The second-order valence-electron chi connectivity index (χ2n) is 3.74. The van der Waals surface area contributed by atoms with Crippen LogP contribution < -0.4 is 0 Å². The fourth-order valence-electron chi connectivity index (χ4n) is 1.42. The lowest BCUT2D eigenvalue weighted by atomic mass is 10.2. The van der Waals surface area contributed by atoms with Gasteiger partial charge in [0.25, 0.3) is 0 Å². The van der Waals surface area contributed by atoms with Gasteiger partial charge >= 0.3 is 5.97 Å². The van der Waals surface area contributed by atoms with E-state index in [2.05, 4.69) is 4.74 Å². The van der Waals surface area contributed by atoms with Crippen molar-refractivity contribution < 1.29 is 31.8 Å². The molecule has 0 fully saturated rings.